The van der Waals surface area contributed by atoms with E-state index in [1.165, 1.54) is 5.56 Å². The smallest absolute Gasteiger partial charge is 0.135 e. The first-order chi connectivity index (χ1) is 11.0. The topological polar surface area (TPSA) is 55.6 Å². The van der Waals surface area contributed by atoms with Crippen molar-refractivity contribution < 1.29 is 0 Å². The number of benzene rings is 1. The molecule has 0 bridgehead atoms. The van der Waals surface area contributed by atoms with Crippen molar-refractivity contribution in [2.75, 3.05) is 5.32 Å². The van der Waals surface area contributed by atoms with Crippen LogP contribution in [0.5, 0.6) is 0 Å². The van der Waals surface area contributed by atoms with Crippen molar-refractivity contribution in [2.45, 2.75) is 32.7 Å². The third-order valence-corrected chi connectivity index (χ3v) is 3.45. The van der Waals surface area contributed by atoms with Crippen molar-refractivity contribution in [3.8, 4) is 0 Å². The van der Waals surface area contributed by atoms with Crippen LogP contribution in [-0.4, -0.2) is 19.7 Å². The minimum atomic E-state index is -0.0376. The Morgan fingerprint density at radius 3 is 2.57 bits per heavy atom. The predicted octanol–water partition coefficient (Wildman–Crippen LogP) is 3.76. The van der Waals surface area contributed by atoms with Gasteiger partial charge in [0, 0.05) is 18.8 Å². The minimum absolute atomic E-state index is 0.0376. The minimum Gasteiger partial charge on any atom is -0.338 e. The first-order valence-electron chi connectivity index (χ1n) is 7.69. The van der Waals surface area contributed by atoms with Gasteiger partial charge in [-0.1, -0.05) is 30.3 Å². The van der Waals surface area contributed by atoms with Gasteiger partial charge in [-0.05, 0) is 32.4 Å². The Kier molecular flexibility index (Phi) is 4.10. The fourth-order valence-electron chi connectivity index (χ4n) is 2.23. The second-order valence-corrected chi connectivity index (χ2v) is 6.49. The molecule has 2 heterocycles. The number of aromatic nitrogens is 4. The van der Waals surface area contributed by atoms with E-state index in [-0.39, 0.29) is 5.54 Å². The van der Waals surface area contributed by atoms with Crippen LogP contribution in [0, 0.1) is 0 Å². The molecule has 0 spiro atoms. The monoisotopic (exact) mass is 307 g/mol. The quantitative estimate of drug-likeness (QED) is 0.797. The average Bonchev–Trinajstić information content (AvgIpc) is 2.97. The average molecular weight is 307 g/mol. The van der Waals surface area contributed by atoms with Gasteiger partial charge in [-0.15, -0.1) is 0 Å². The summed E-state index contributed by atoms with van der Waals surface area (Å²) in [6.07, 6.45) is 6.29. The molecule has 0 saturated heterocycles. The lowest BCUT2D eigenvalue weighted by atomic mass is 10.1. The standard InChI is InChI=1S/C18H21N5/c1-18(2,3)23-13-15(12-20-23)21-16-9-10-19-17(22-16)11-14-7-5-4-6-8-14/h4-10,12-13H,11H2,1-3H3,(H,19,21,22). The van der Waals surface area contributed by atoms with Gasteiger partial charge >= 0.3 is 0 Å². The highest BCUT2D eigenvalue weighted by Gasteiger charge is 2.14. The maximum absolute atomic E-state index is 4.58. The van der Waals surface area contributed by atoms with Gasteiger partial charge in [-0.3, -0.25) is 4.68 Å². The van der Waals surface area contributed by atoms with Crippen molar-refractivity contribution in [1.82, 2.24) is 19.7 Å². The second-order valence-electron chi connectivity index (χ2n) is 6.49. The van der Waals surface area contributed by atoms with E-state index in [1.54, 1.807) is 6.20 Å². The summed E-state index contributed by atoms with van der Waals surface area (Å²) in [6, 6.07) is 12.1. The number of hydrogen-bond donors (Lipinski definition) is 1. The molecule has 0 aliphatic rings. The maximum atomic E-state index is 4.58. The SMILES string of the molecule is CC(C)(C)n1cc(Nc2ccnc(Cc3ccccc3)n2)cn1. The predicted molar refractivity (Wildman–Crippen MR) is 91.8 cm³/mol. The molecule has 3 rings (SSSR count). The van der Waals surface area contributed by atoms with Crippen molar-refractivity contribution in [1.29, 1.82) is 0 Å². The van der Waals surface area contributed by atoms with Gasteiger partial charge in [0.2, 0.25) is 0 Å². The molecule has 118 valence electrons. The normalized spacial score (nSPS) is 11.4. The van der Waals surface area contributed by atoms with Crippen LogP contribution < -0.4 is 5.32 Å². The van der Waals surface area contributed by atoms with E-state index < -0.39 is 0 Å². The van der Waals surface area contributed by atoms with Crippen LogP contribution in [0.2, 0.25) is 0 Å². The second kappa shape index (κ2) is 6.20. The molecule has 1 aromatic carbocycles. The number of hydrogen-bond acceptors (Lipinski definition) is 4. The molecular weight excluding hydrogens is 286 g/mol. The molecule has 0 saturated carbocycles. The van der Waals surface area contributed by atoms with Crippen LogP contribution in [0.4, 0.5) is 11.5 Å². The third-order valence-electron chi connectivity index (χ3n) is 3.45. The Labute approximate surface area is 136 Å². The molecule has 0 radical (unpaired) electrons. The molecular formula is C18H21N5. The Bertz CT molecular complexity index is 771. The van der Waals surface area contributed by atoms with Gasteiger partial charge in [-0.2, -0.15) is 5.10 Å². The summed E-state index contributed by atoms with van der Waals surface area (Å²) in [7, 11) is 0. The van der Waals surface area contributed by atoms with Crippen LogP contribution in [-0.2, 0) is 12.0 Å². The van der Waals surface area contributed by atoms with Crippen molar-refractivity contribution >= 4 is 11.5 Å². The van der Waals surface area contributed by atoms with Gasteiger partial charge in [0.25, 0.3) is 0 Å². The summed E-state index contributed by atoms with van der Waals surface area (Å²) >= 11 is 0. The lowest BCUT2D eigenvalue weighted by molar-refractivity contribution is 0.355. The van der Waals surface area contributed by atoms with E-state index in [0.29, 0.717) is 0 Å². The molecule has 3 aromatic rings. The first-order valence-corrected chi connectivity index (χ1v) is 7.69. The lowest BCUT2D eigenvalue weighted by Gasteiger charge is -2.18. The molecule has 0 atom stereocenters. The van der Waals surface area contributed by atoms with Crippen LogP contribution in [0.3, 0.4) is 0 Å². The van der Waals surface area contributed by atoms with Gasteiger partial charge in [0.15, 0.2) is 0 Å². The van der Waals surface area contributed by atoms with Crippen molar-refractivity contribution in [3.63, 3.8) is 0 Å². The summed E-state index contributed by atoms with van der Waals surface area (Å²) in [4.78, 5) is 8.92. The maximum Gasteiger partial charge on any atom is 0.135 e. The fraction of sp³-hybridized carbons (Fsp3) is 0.278. The Morgan fingerprint density at radius 2 is 1.87 bits per heavy atom. The molecule has 23 heavy (non-hydrogen) atoms. The summed E-state index contributed by atoms with van der Waals surface area (Å²) in [5.41, 5.74) is 2.08. The zero-order chi connectivity index (χ0) is 16.3. The molecule has 2 aromatic heterocycles. The first kappa shape index (κ1) is 15.2. The van der Waals surface area contributed by atoms with Gasteiger partial charge in [0.1, 0.15) is 11.6 Å². The van der Waals surface area contributed by atoms with E-state index in [2.05, 4.69) is 53.3 Å². The van der Waals surface area contributed by atoms with E-state index in [0.717, 1.165) is 23.8 Å². The summed E-state index contributed by atoms with van der Waals surface area (Å²) in [6.45, 7) is 6.35. The highest BCUT2D eigenvalue weighted by Crippen LogP contribution is 2.18. The van der Waals surface area contributed by atoms with Crippen molar-refractivity contribution in [2.24, 2.45) is 0 Å². The Morgan fingerprint density at radius 1 is 1.09 bits per heavy atom. The van der Waals surface area contributed by atoms with Crippen LogP contribution in [0.15, 0.2) is 55.0 Å². The Hall–Kier alpha value is -2.69. The van der Waals surface area contributed by atoms with Gasteiger partial charge < -0.3 is 5.32 Å². The van der Waals surface area contributed by atoms with Crippen LogP contribution >= 0.6 is 0 Å². The third kappa shape index (κ3) is 3.94. The summed E-state index contributed by atoms with van der Waals surface area (Å²) < 4.78 is 1.93. The summed E-state index contributed by atoms with van der Waals surface area (Å²) in [5.74, 6) is 1.57. The Balaban J connectivity index is 1.74. The van der Waals surface area contributed by atoms with Crippen LogP contribution in [0.1, 0.15) is 32.2 Å². The highest BCUT2D eigenvalue weighted by atomic mass is 15.3. The molecule has 0 aliphatic carbocycles. The molecule has 0 amide bonds. The van der Waals surface area contributed by atoms with Crippen molar-refractivity contribution in [3.05, 3.63) is 66.4 Å². The zero-order valence-corrected chi connectivity index (χ0v) is 13.7. The molecule has 0 fully saturated rings. The van der Waals surface area contributed by atoms with E-state index in [9.17, 15) is 0 Å². The van der Waals surface area contributed by atoms with E-state index in [4.69, 9.17) is 0 Å². The van der Waals surface area contributed by atoms with Crippen LogP contribution in [0.25, 0.3) is 0 Å². The fourth-order valence-corrected chi connectivity index (χ4v) is 2.23. The zero-order valence-electron chi connectivity index (χ0n) is 13.7. The number of anilines is 2. The van der Waals surface area contributed by atoms with E-state index in [1.807, 2.05) is 41.3 Å². The molecule has 0 unspecified atom stereocenters. The highest BCUT2D eigenvalue weighted by molar-refractivity contribution is 5.53. The lowest BCUT2D eigenvalue weighted by Crippen LogP contribution is -2.21. The summed E-state index contributed by atoms with van der Waals surface area (Å²) in [5, 5.41) is 7.67. The van der Waals surface area contributed by atoms with Gasteiger partial charge in [-0.25, -0.2) is 9.97 Å². The molecule has 5 nitrogen and oxygen atoms in total. The molecule has 5 heteroatoms. The number of nitrogens with zero attached hydrogens (tertiary/aromatic N) is 4. The van der Waals surface area contributed by atoms with Gasteiger partial charge in [0.05, 0.1) is 17.4 Å². The molecule has 0 aliphatic heterocycles. The van der Waals surface area contributed by atoms with E-state index >= 15 is 0 Å². The molecule has 1 N–H and O–H groups in total. The number of rotatable bonds is 4. The largest absolute Gasteiger partial charge is 0.338 e. The number of nitrogens with one attached hydrogen (secondary N) is 1.